The molecule has 16 fully saturated rings. The van der Waals surface area contributed by atoms with E-state index in [4.69, 9.17) is 4.74 Å². The van der Waals surface area contributed by atoms with Crippen LogP contribution in [0.1, 0.15) is 368 Å². The quantitative estimate of drug-likeness (QED) is 0.0358. The molecule has 0 bridgehead atoms. The predicted molar refractivity (Wildman–Crippen MR) is 500 cm³/mol. The van der Waals surface area contributed by atoms with Gasteiger partial charge in [-0.1, -0.05) is 111 Å². The maximum atomic E-state index is 12.2. The summed E-state index contributed by atoms with van der Waals surface area (Å²) in [6, 6.07) is 0. The molecule has 0 aromatic carbocycles. The SMILES string of the molecule is CCCNC(=O)CCC(C)C1CCC2C3C(CC[C@]12C)[C@@]1(C)CC[C@@H](O)C[C@H]1[C@H](O)[C@@H]3O.CCCNC(=O)CCC(C)C1CCC2C3C(CC[C@]12C)[C@@]1(C)CC[C@@H](O)C[C@H]1[C@H](O)[C@@H]3O.CCCNCCCC(C)C1CCC2C3C(CC[C@]12C)[C@@]1(C)CC[C@@H](O)C[C@H]1[C@H](O)[C@@H]3O.CCCOCCCC(C)C1CCC2C3C(CC[C@]12C)[C@@]1(C)CC[C@@H](O)C[C@H]1[C@H](O)[C@@H]3O. The maximum Gasteiger partial charge on any atom is 0.220 e. The van der Waals surface area contributed by atoms with Crippen LogP contribution >= 0.6 is 0 Å². The van der Waals surface area contributed by atoms with Crippen molar-refractivity contribution in [3.05, 3.63) is 0 Å². The molecule has 728 valence electrons. The minimum absolute atomic E-state index is 0.00427. The first-order valence-electron chi connectivity index (χ1n) is 53.7. The summed E-state index contributed by atoms with van der Waals surface area (Å²) in [5.41, 5.74) is 1.11. The van der Waals surface area contributed by atoms with Crippen LogP contribution in [-0.4, -0.2) is 186 Å². The van der Waals surface area contributed by atoms with E-state index in [0.29, 0.717) is 127 Å². The fourth-order valence-corrected chi connectivity index (χ4v) is 36.7. The van der Waals surface area contributed by atoms with Gasteiger partial charge in [-0.15, -0.1) is 0 Å². The van der Waals surface area contributed by atoms with Crippen molar-refractivity contribution < 1.29 is 75.6 Å². The Morgan fingerprint density at radius 3 is 0.810 bits per heavy atom. The molecule has 16 aliphatic carbocycles. The molecule has 0 spiro atoms. The van der Waals surface area contributed by atoms with Gasteiger partial charge in [0.05, 0.1) is 73.2 Å². The third kappa shape index (κ3) is 19.2. The molecule has 0 radical (unpaired) electrons. The highest BCUT2D eigenvalue weighted by molar-refractivity contribution is 5.76. The van der Waals surface area contributed by atoms with Gasteiger partial charge < -0.3 is 82.0 Å². The molecule has 0 aromatic rings. The van der Waals surface area contributed by atoms with Crippen LogP contribution in [0, 0.1) is 185 Å². The van der Waals surface area contributed by atoms with Crippen molar-refractivity contribution in [2.45, 2.75) is 441 Å². The van der Waals surface area contributed by atoms with Gasteiger partial charge in [-0.3, -0.25) is 9.59 Å². The van der Waals surface area contributed by atoms with E-state index in [-0.39, 0.29) is 121 Å². The van der Waals surface area contributed by atoms with Gasteiger partial charge in [0.25, 0.3) is 0 Å². The summed E-state index contributed by atoms with van der Waals surface area (Å²) >= 11 is 0. The third-order valence-corrected chi connectivity index (χ3v) is 43.5. The van der Waals surface area contributed by atoms with Gasteiger partial charge in [-0.2, -0.15) is 0 Å². The number of amides is 2. The lowest BCUT2D eigenvalue weighted by Gasteiger charge is -2.63. The van der Waals surface area contributed by atoms with Crippen LogP contribution in [0.3, 0.4) is 0 Å². The van der Waals surface area contributed by atoms with Crippen molar-refractivity contribution >= 4 is 11.8 Å². The van der Waals surface area contributed by atoms with Crippen molar-refractivity contribution in [1.29, 1.82) is 0 Å². The molecular formula is C108H191N3O15. The summed E-state index contributed by atoms with van der Waals surface area (Å²) in [5.74, 6) is 10.0. The topological polar surface area (TPSA) is 322 Å². The molecule has 16 aliphatic rings. The number of hydrogen-bond acceptors (Lipinski definition) is 16. The lowest BCUT2D eigenvalue weighted by atomic mass is 9.43. The van der Waals surface area contributed by atoms with Crippen LogP contribution in [-0.2, 0) is 14.3 Å². The first kappa shape index (κ1) is 102. The van der Waals surface area contributed by atoms with Gasteiger partial charge in [-0.25, -0.2) is 0 Å². The minimum atomic E-state index is -0.725. The first-order chi connectivity index (χ1) is 59.7. The molecule has 18 nitrogen and oxygen atoms in total. The monoisotopic (exact) mass is 1770 g/mol. The summed E-state index contributed by atoms with van der Waals surface area (Å²) in [6.45, 7) is 42.9. The van der Waals surface area contributed by atoms with Crippen molar-refractivity contribution in [2.75, 3.05) is 39.4 Å². The standard InChI is InChI=1S/2C27H47NO4.C27H49NO3.C27H48O4/c2*1-5-14-28-22(30)9-6-16(2)18-7-8-19-23-20(11-13-26(18,19)3)27(4)12-10-17(29)15-21(27)24(31)25(23)32;1-5-14-28-15-6-7-17(2)19-8-9-20-23-21(11-13-26(19,20)3)27(4)12-10-18(29)16-22(27)24(30)25(23)31;1-5-14-31-15-6-7-17(2)19-8-9-20-23-21(11-13-26(19,20)3)27(4)12-10-18(28)16-22(27)24(29)25(23)30/h2*16-21,23-25,29,31-32H,5-15H2,1-4H3,(H,28,30);17-25,28-31H,5-16H2,1-4H3;17-25,28-30H,5-16H2,1-4H3/t2*16?,17-,18?,19?,20?,21+,23?,24+,25-,26-,27-;2*17?,18-,19?,20?,21?,22+,23?,24+,25-,26-,27-/m1111/s1. The highest BCUT2D eigenvalue weighted by Crippen LogP contribution is 2.74. The van der Waals surface area contributed by atoms with E-state index in [0.717, 1.165) is 167 Å². The minimum Gasteiger partial charge on any atom is -0.393 e. The number of carbonyl (C=O) groups is 2. The molecule has 16 rings (SSSR count). The van der Waals surface area contributed by atoms with Crippen molar-refractivity contribution in [3.8, 4) is 0 Å². The second-order valence-electron chi connectivity index (χ2n) is 49.5. The lowest BCUT2D eigenvalue weighted by molar-refractivity contribution is -0.223. The van der Waals surface area contributed by atoms with Crippen LogP contribution in [0.4, 0.5) is 0 Å². The van der Waals surface area contributed by atoms with Gasteiger partial charge >= 0.3 is 0 Å². The summed E-state index contributed by atoms with van der Waals surface area (Å²) in [7, 11) is 0. The number of fused-ring (bicyclic) bond motifs is 20. The number of hydrogen-bond donors (Lipinski definition) is 15. The van der Waals surface area contributed by atoms with E-state index in [2.05, 4.69) is 127 Å². The van der Waals surface area contributed by atoms with Gasteiger partial charge in [-0.05, 0) is 442 Å². The zero-order chi connectivity index (χ0) is 91.3. The molecule has 126 heavy (non-hydrogen) atoms. The van der Waals surface area contributed by atoms with E-state index in [1.807, 2.05) is 0 Å². The van der Waals surface area contributed by atoms with Crippen molar-refractivity contribution in [3.63, 3.8) is 0 Å². The smallest absolute Gasteiger partial charge is 0.220 e. The lowest BCUT2D eigenvalue weighted by Crippen LogP contribution is -2.64. The van der Waals surface area contributed by atoms with E-state index >= 15 is 0 Å². The van der Waals surface area contributed by atoms with Crippen molar-refractivity contribution in [2.24, 2.45) is 185 Å². The fourth-order valence-electron chi connectivity index (χ4n) is 36.7. The molecule has 44 atom stereocenters. The van der Waals surface area contributed by atoms with Crippen LogP contribution < -0.4 is 16.0 Å². The Bertz CT molecular complexity index is 3250. The second kappa shape index (κ2) is 41.8. The third-order valence-electron chi connectivity index (χ3n) is 43.5. The highest BCUT2D eigenvalue weighted by Gasteiger charge is 2.71. The molecule has 0 saturated heterocycles. The van der Waals surface area contributed by atoms with Gasteiger partial charge in [0.1, 0.15) is 0 Å². The highest BCUT2D eigenvalue weighted by atomic mass is 16.5. The second-order valence-corrected chi connectivity index (χ2v) is 49.5. The average Bonchev–Trinajstić information content (AvgIpc) is 1.39. The Morgan fingerprint density at radius 1 is 0.286 bits per heavy atom. The number of rotatable bonds is 26. The molecule has 0 heterocycles. The number of aliphatic hydroxyl groups excluding tert-OH is 12. The summed E-state index contributed by atoms with van der Waals surface area (Å²) in [4.78, 5) is 24.3. The molecular weight excluding hydrogens is 1580 g/mol. The first-order valence-corrected chi connectivity index (χ1v) is 53.7. The zero-order valence-electron chi connectivity index (χ0n) is 82.4. The Hall–Kier alpha value is -1.62. The Labute approximate surface area is 764 Å². The van der Waals surface area contributed by atoms with E-state index < -0.39 is 48.8 Å². The predicted octanol–water partition coefficient (Wildman–Crippen LogP) is 16.9. The van der Waals surface area contributed by atoms with Crippen LogP contribution in [0.15, 0.2) is 0 Å². The van der Waals surface area contributed by atoms with E-state index in [9.17, 15) is 70.9 Å². The maximum absolute atomic E-state index is 12.2. The molecule has 0 aliphatic heterocycles. The van der Waals surface area contributed by atoms with Crippen LogP contribution in [0.25, 0.3) is 0 Å². The molecule has 20 unspecified atom stereocenters. The number of aliphatic hydroxyl groups is 12. The molecule has 16 saturated carbocycles. The Morgan fingerprint density at radius 2 is 0.540 bits per heavy atom. The summed E-state index contributed by atoms with van der Waals surface area (Å²) < 4.78 is 5.71. The largest absolute Gasteiger partial charge is 0.393 e. The molecule has 0 aromatic heterocycles. The number of carbonyl (C=O) groups excluding carboxylic acids is 2. The Balaban J connectivity index is 0.000000144. The Kier molecular flexibility index (Phi) is 33.7. The van der Waals surface area contributed by atoms with Gasteiger partial charge in [0, 0.05) is 39.1 Å². The van der Waals surface area contributed by atoms with Crippen molar-refractivity contribution in [1.82, 2.24) is 16.0 Å². The van der Waals surface area contributed by atoms with E-state index in [1.54, 1.807) is 0 Å². The zero-order valence-corrected chi connectivity index (χ0v) is 82.4. The number of ether oxygens (including phenoxy) is 1. The normalized spacial score (nSPS) is 49.7. The summed E-state index contributed by atoms with van der Waals surface area (Å²) in [6.07, 6.45) is 34.4. The average molecular weight is 1770 g/mol. The molecule has 15 N–H and O–H groups in total. The van der Waals surface area contributed by atoms with Crippen LogP contribution in [0.2, 0.25) is 0 Å². The van der Waals surface area contributed by atoms with Gasteiger partial charge in [0.2, 0.25) is 11.8 Å². The molecule has 2 amide bonds. The van der Waals surface area contributed by atoms with E-state index in [1.165, 1.54) is 103 Å². The molecule has 18 heteroatoms. The number of nitrogens with one attached hydrogen (secondary N) is 3. The van der Waals surface area contributed by atoms with Gasteiger partial charge in [0.15, 0.2) is 0 Å². The fraction of sp³-hybridized carbons (Fsp3) is 0.981. The summed E-state index contributed by atoms with van der Waals surface area (Å²) in [5, 5.41) is 141. The van der Waals surface area contributed by atoms with Crippen LogP contribution in [0.5, 0.6) is 0 Å².